The quantitative estimate of drug-likeness (QED) is 0.813. The van der Waals surface area contributed by atoms with Gasteiger partial charge in [-0.25, -0.2) is 9.48 Å². The van der Waals surface area contributed by atoms with Crippen molar-refractivity contribution in [3.8, 4) is 0 Å². The van der Waals surface area contributed by atoms with E-state index in [1.165, 1.54) is 6.20 Å². The van der Waals surface area contributed by atoms with E-state index in [4.69, 9.17) is 9.84 Å². The molecule has 1 atom stereocenters. The zero-order valence-electron chi connectivity index (χ0n) is 10.0. The predicted octanol–water partition coefficient (Wildman–Crippen LogP) is 0.0120. The van der Waals surface area contributed by atoms with Crippen molar-refractivity contribution >= 4 is 5.97 Å². The minimum atomic E-state index is -1.03. The smallest absolute Gasteiger partial charge is 0.358 e. The monoisotopic (exact) mass is 252 g/mol. The zero-order valence-corrected chi connectivity index (χ0v) is 10.0. The first-order valence-electron chi connectivity index (χ1n) is 6.21. The number of carboxylic acids is 1. The van der Waals surface area contributed by atoms with E-state index in [0.717, 1.165) is 39.1 Å². The van der Waals surface area contributed by atoms with Crippen LogP contribution in [0.15, 0.2) is 6.20 Å². The maximum absolute atomic E-state index is 10.7. The molecule has 7 nitrogen and oxygen atoms in total. The molecule has 1 N–H and O–H groups in total. The highest BCUT2D eigenvalue weighted by atomic mass is 16.5. The highest BCUT2D eigenvalue weighted by Gasteiger charge is 2.32. The molecule has 98 valence electrons. The van der Waals surface area contributed by atoms with Crippen molar-refractivity contribution < 1.29 is 14.6 Å². The van der Waals surface area contributed by atoms with Gasteiger partial charge in [-0.15, -0.1) is 5.10 Å². The van der Waals surface area contributed by atoms with Crippen LogP contribution >= 0.6 is 0 Å². The Kier molecular flexibility index (Phi) is 3.00. The Morgan fingerprint density at radius 1 is 1.56 bits per heavy atom. The van der Waals surface area contributed by atoms with E-state index in [0.29, 0.717) is 6.10 Å². The lowest BCUT2D eigenvalue weighted by molar-refractivity contribution is 0.0242. The van der Waals surface area contributed by atoms with Crippen molar-refractivity contribution in [2.75, 3.05) is 26.2 Å². The van der Waals surface area contributed by atoms with Crippen LogP contribution in [0.25, 0.3) is 0 Å². The average molecular weight is 252 g/mol. The van der Waals surface area contributed by atoms with Crippen molar-refractivity contribution in [2.24, 2.45) is 0 Å². The summed E-state index contributed by atoms with van der Waals surface area (Å²) in [5.41, 5.74) is 0.00702. The number of rotatable bonds is 4. The minimum Gasteiger partial charge on any atom is -0.476 e. The van der Waals surface area contributed by atoms with E-state index in [-0.39, 0.29) is 11.7 Å². The summed E-state index contributed by atoms with van der Waals surface area (Å²) in [6.07, 6.45) is 4.17. The molecule has 1 aromatic heterocycles. The number of hydrogen-bond donors (Lipinski definition) is 1. The Hall–Kier alpha value is -1.47. The van der Waals surface area contributed by atoms with Crippen molar-refractivity contribution in [3.05, 3.63) is 11.9 Å². The third-order valence-corrected chi connectivity index (χ3v) is 3.53. The summed E-state index contributed by atoms with van der Waals surface area (Å²) in [7, 11) is 0. The topological polar surface area (TPSA) is 80.5 Å². The van der Waals surface area contributed by atoms with Crippen LogP contribution in [-0.4, -0.2) is 63.3 Å². The number of ether oxygens (including phenoxy) is 1. The van der Waals surface area contributed by atoms with Crippen molar-refractivity contribution in [1.29, 1.82) is 0 Å². The van der Waals surface area contributed by atoms with Crippen LogP contribution in [0.2, 0.25) is 0 Å². The first kappa shape index (κ1) is 11.6. The van der Waals surface area contributed by atoms with Crippen LogP contribution in [0.1, 0.15) is 29.4 Å². The van der Waals surface area contributed by atoms with Gasteiger partial charge in [-0.1, -0.05) is 5.21 Å². The second-order valence-corrected chi connectivity index (χ2v) is 4.90. The Morgan fingerprint density at radius 2 is 2.39 bits per heavy atom. The van der Waals surface area contributed by atoms with Gasteiger partial charge in [0.15, 0.2) is 5.69 Å². The number of aromatic carboxylic acids is 1. The summed E-state index contributed by atoms with van der Waals surface area (Å²) in [6.45, 7) is 3.63. The van der Waals surface area contributed by atoms with Gasteiger partial charge < -0.3 is 9.84 Å². The van der Waals surface area contributed by atoms with Crippen LogP contribution < -0.4 is 0 Å². The standard InChI is InChI=1S/C11H16N4O3/c16-11(17)10-7-15(13-12-10)8-4-14(5-8)6-9-2-1-3-18-9/h7-9H,1-6H2,(H,16,17). The fourth-order valence-electron chi connectivity index (χ4n) is 2.49. The van der Waals surface area contributed by atoms with Crippen molar-refractivity contribution in [3.63, 3.8) is 0 Å². The molecular weight excluding hydrogens is 236 g/mol. The average Bonchev–Trinajstić information content (AvgIpc) is 2.94. The van der Waals surface area contributed by atoms with Gasteiger partial charge in [-0.3, -0.25) is 4.90 Å². The highest BCUT2D eigenvalue weighted by molar-refractivity contribution is 5.84. The van der Waals surface area contributed by atoms with E-state index < -0.39 is 5.97 Å². The molecule has 3 heterocycles. The molecule has 7 heteroatoms. The molecule has 2 aliphatic heterocycles. The lowest BCUT2D eigenvalue weighted by atomic mass is 10.1. The Labute approximate surface area is 104 Å². The summed E-state index contributed by atoms with van der Waals surface area (Å²) in [5.74, 6) is -1.03. The molecule has 0 spiro atoms. The summed E-state index contributed by atoms with van der Waals surface area (Å²) < 4.78 is 7.23. The molecule has 2 saturated heterocycles. The molecule has 2 aliphatic rings. The third kappa shape index (κ3) is 2.23. The highest BCUT2D eigenvalue weighted by Crippen LogP contribution is 2.23. The summed E-state index contributed by atoms with van der Waals surface area (Å²) in [4.78, 5) is 13.0. The molecule has 0 bridgehead atoms. The van der Waals surface area contributed by atoms with Gasteiger partial charge in [-0.2, -0.15) is 0 Å². The van der Waals surface area contributed by atoms with Gasteiger partial charge >= 0.3 is 5.97 Å². The van der Waals surface area contributed by atoms with Crippen LogP contribution in [0.3, 0.4) is 0 Å². The molecule has 0 amide bonds. The molecule has 0 aromatic carbocycles. The summed E-state index contributed by atoms with van der Waals surface area (Å²) in [5, 5.41) is 16.2. The number of carboxylic acid groups (broad SMARTS) is 1. The number of nitrogens with zero attached hydrogens (tertiary/aromatic N) is 4. The molecule has 0 saturated carbocycles. The molecule has 0 radical (unpaired) electrons. The molecular formula is C11H16N4O3. The first-order chi connectivity index (χ1) is 8.72. The molecule has 1 aromatic rings. The van der Waals surface area contributed by atoms with Gasteiger partial charge in [0.25, 0.3) is 0 Å². The summed E-state index contributed by atoms with van der Waals surface area (Å²) >= 11 is 0. The largest absolute Gasteiger partial charge is 0.476 e. The lowest BCUT2D eigenvalue weighted by Crippen LogP contribution is -2.50. The number of carbonyl (C=O) groups is 1. The van der Waals surface area contributed by atoms with Gasteiger partial charge in [0.2, 0.25) is 0 Å². The molecule has 1 unspecified atom stereocenters. The van der Waals surface area contributed by atoms with Crippen LogP contribution in [0, 0.1) is 0 Å². The second-order valence-electron chi connectivity index (χ2n) is 4.90. The maximum Gasteiger partial charge on any atom is 0.358 e. The molecule has 2 fully saturated rings. The van der Waals surface area contributed by atoms with Gasteiger partial charge in [-0.05, 0) is 12.8 Å². The molecule has 3 rings (SSSR count). The third-order valence-electron chi connectivity index (χ3n) is 3.53. The minimum absolute atomic E-state index is 0.00702. The Balaban J connectivity index is 1.50. The predicted molar refractivity (Wildman–Crippen MR) is 61.4 cm³/mol. The normalized spacial score (nSPS) is 25.2. The Bertz CT molecular complexity index is 435. The Morgan fingerprint density at radius 3 is 3.00 bits per heavy atom. The fraction of sp³-hybridized carbons (Fsp3) is 0.727. The second kappa shape index (κ2) is 4.66. The first-order valence-corrected chi connectivity index (χ1v) is 6.21. The van der Waals surface area contributed by atoms with Crippen LogP contribution in [0.5, 0.6) is 0 Å². The summed E-state index contributed by atoms with van der Waals surface area (Å²) in [6, 6.07) is 0.243. The van der Waals surface area contributed by atoms with E-state index in [1.807, 2.05) is 0 Å². The van der Waals surface area contributed by atoms with E-state index >= 15 is 0 Å². The maximum atomic E-state index is 10.7. The van der Waals surface area contributed by atoms with Crippen molar-refractivity contribution in [1.82, 2.24) is 19.9 Å². The van der Waals surface area contributed by atoms with Crippen molar-refractivity contribution in [2.45, 2.75) is 25.0 Å². The number of hydrogen-bond acceptors (Lipinski definition) is 5. The SMILES string of the molecule is O=C(O)c1cn(C2CN(CC3CCCO3)C2)nn1. The fourth-order valence-corrected chi connectivity index (χ4v) is 2.49. The zero-order chi connectivity index (χ0) is 12.5. The van der Waals surface area contributed by atoms with Gasteiger partial charge in [0.1, 0.15) is 0 Å². The van der Waals surface area contributed by atoms with E-state index in [1.54, 1.807) is 4.68 Å². The van der Waals surface area contributed by atoms with E-state index in [9.17, 15) is 4.79 Å². The van der Waals surface area contributed by atoms with Gasteiger partial charge in [0, 0.05) is 26.2 Å². The number of likely N-dealkylation sites (tertiary alicyclic amines) is 1. The molecule has 18 heavy (non-hydrogen) atoms. The van der Waals surface area contributed by atoms with Gasteiger partial charge in [0.05, 0.1) is 18.3 Å². The lowest BCUT2D eigenvalue weighted by Gasteiger charge is -2.39. The van der Waals surface area contributed by atoms with Crippen LogP contribution in [-0.2, 0) is 4.74 Å². The molecule has 0 aliphatic carbocycles. The van der Waals surface area contributed by atoms with E-state index in [2.05, 4.69) is 15.2 Å². The number of aromatic nitrogens is 3. The van der Waals surface area contributed by atoms with Crippen LogP contribution in [0.4, 0.5) is 0 Å².